The molecule has 0 saturated carbocycles. The first-order valence-corrected chi connectivity index (χ1v) is 10.2. The van der Waals surface area contributed by atoms with Crippen molar-refractivity contribution in [1.82, 2.24) is 14.6 Å². The Bertz CT molecular complexity index is 1140. The van der Waals surface area contributed by atoms with Crippen molar-refractivity contribution in [2.75, 3.05) is 10.0 Å². The van der Waals surface area contributed by atoms with E-state index in [-0.39, 0.29) is 10.8 Å². The van der Waals surface area contributed by atoms with Gasteiger partial charge in [-0.3, -0.25) is 4.72 Å². The van der Waals surface area contributed by atoms with Crippen LogP contribution in [0.4, 0.5) is 15.2 Å². The Hall–Kier alpha value is -2.98. The molecular weight excluding hydrogens is 389 g/mol. The minimum atomic E-state index is -3.79. The summed E-state index contributed by atoms with van der Waals surface area (Å²) in [5.41, 5.74) is 1.36. The normalized spacial score (nSPS) is 11.6. The van der Waals surface area contributed by atoms with Gasteiger partial charge in [0.1, 0.15) is 5.82 Å². The molecular formula is C17H14FN5O2S2. The molecule has 0 unspecified atom stereocenters. The fourth-order valence-electron chi connectivity index (χ4n) is 2.37. The van der Waals surface area contributed by atoms with Gasteiger partial charge in [0.05, 0.1) is 6.20 Å². The highest BCUT2D eigenvalue weighted by molar-refractivity contribution is 7.92. The Balaban J connectivity index is 1.49. The molecule has 2 aromatic carbocycles. The summed E-state index contributed by atoms with van der Waals surface area (Å²) in [5, 5.41) is 7.88. The molecule has 0 aliphatic carbocycles. The molecule has 2 N–H and O–H groups in total. The summed E-state index contributed by atoms with van der Waals surface area (Å²) in [5.74, 6) is -0.288. The van der Waals surface area contributed by atoms with Gasteiger partial charge in [-0.25, -0.2) is 13.9 Å². The highest BCUT2D eigenvalue weighted by atomic mass is 32.2. The molecule has 0 aliphatic rings. The van der Waals surface area contributed by atoms with Gasteiger partial charge in [0.2, 0.25) is 10.1 Å². The van der Waals surface area contributed by atoms with Crippen molar-refractivity contribution < 1.29 is 12.8 Å². The Morgan fingerprint density at radius 3 is 2.52 bits per heavy atom. The summed E-state index contributed by atoms with van der Waals surface area (Å²) in [6.07, 6.45) is 1.36. The molecule has 4 rings (SSSR count). The summed E-state index contributed by atoms with van der Waals surface area (Å²) in [7, 11) is -3.79. The first-order valence-electron chi connectivity index (χ1n) is 7.92. The van der Waals surface area contributed by atoms with E-state index in [1.807, 2.05) is 0 Å². The van der Waals surface area contributed by atoms with Crippen LogP contribution in [0.5, 0.6) is 0 Å². The number of nitrogens with one attached hydrogen (secondary N) is 2. The predicted molar refractivity (Wildman–Crippen MR) is 102 cm³/mol. The lowest BCUT2D eigenvalue weighted by molar-refractivity contribution is 0.598. The van der Waals surface area contributed by atoms with Gasteiger partial charge < -0.3 is 5.32 Å². The fourth-order valence-corrected chi connectivity index (χ4v) is 4.21. The van der Waals surface area contributed by atoms with Gasteiger partial charge in [-0.2, -0.15) is 8.42 Å². The van der Waals surface area contributed by atoms with Crippen molar-refractivity contribution in [3.8, 4) is 0 Å². The lowest BCUT2D eigenvalue weighted by atomic mass is 10.2. The van der Waals surface area contributed by atoms with E-state index in [4.69, 9.17) is 0 Å². The Morgan fingerprint density at radius 2 is 1.81 bits per heavy atom. The summed E-state index contributed by atoms with van der Waals surface area (Å²) in [6, 6.07) is 14.7. The van der Waals surface area contributed by atoms with Crippen LogP contribution in [0.25, 0.3) is 4.96 Å². The number of aromatic nitrogens is 3. The topological polar surface area (TPSA) is 88.4 Å². The zero-order valence-electron chi connectivity index (χ0n) is 13.8. The standard InChI is InChI=1S/C17H14FN5O2S2/c18-13-8-6-12(7-9-13)10-19-16-21-23-11-15(20-17(23)26-16)27(24,25)22-14-4-2-1-3-5-14/h1-9,11,22H,10H2,(H,19,21). The van der Waals surface area contributed by atoms with Gasteiger partial charge in [-0.05, 0) is 29.8 Å². The van der Waals surface area contributed by atoms with Crippen molar-refractivity contribution in [2.24, 2.45) is 0 Å². The van der Waals surface area contributed by atoms with Crippen LogP contribution in [-0.4, -0.2) is 23.0 Å². The lowest BCUT2D eigenvalue weighted by Gasteiger charge is -2.04. The Morgan fingerprint density at radius 1 is 1.07 bits per heavy atom. The number of sulfonamides is 1. The number of benzene rings is 2. The molecule has 7 nitrogen and oxygen atoms in total. The first-order chi connectivity index (χ1) is 13.0. The molecule has 0 atom stereocenters. The van der Waals surface area contributed by atoms with Gasteiger partial charge in [0, 0.05) is 12.2 Å². The second-order valence-corrected chi connectivity index (χ2v) is 8.25. The quantitative estimate of drug-likeness (QED) is 0.515. The number of fused-ring (bicyclic) bond motifs is 1. The van der Waals surface area contributed by atoms with Crippen molar-refractivity contribution in [1.29, 1.82) is 0 Å². The van der Waals surface area contributed by atoms with Crippen molar-refractivity contribution in [3.63, 3.8) is 0 Å². The van der Waals surface area contributed by atoms with Crippen molar-refractivity contribution in [3.05, 3.63) is 72.2 Å². The third kappa shape index (κ3) is 3.91. The number of nitrogens with zero attached hydrogens (tertiary/aromatic N) is 3. The van der Waals surface area contributed by atoms with Gasteiger partial charge in [-0.1, -0.05) is 41.7 Å². The van der Waals surface area contributed by atoms with E-state index >= 15 is 0 Å². The number of rotatable bonds is 6. The van der Waals surface area contributed by atoms with Crippen LogP contribution in [0.3, 0.4) is 0 Å². The minimum Gasteiger partial charge on any atom is -0.356 e. The lowest BCUT2D eigenvalue weighted by Crippen LogP contribution is -2.13. The molecule has 0 fully saturated rings. The number of halogens is 1. The van der Waals surface area contributed by atoms with Crippen LogP contribution in [0.2, 0.25) is 0 Å². The Labute approximate surface area is 158 Å². The van der Waals surface area contributed by atoms with Crippen LogP contribution in [-0.2, 0) is 16.6 Å². The number of imidazole rings is 1. The van der Waals surface area contributed by atoms with E-state index in [1.54, 1.807) is 42.5 Å². The number of para-hydroxylation sites is 1. The van der Waals surface area contributed by atoms with E-state index in [1.165, 1.54) is 34.2 Å². The van der Waals surface area contributed by atoms with E-state index in [0.717, 1.165) is 5.56 Å². The van der Waals surface area contributed by atoms with Gasteiger partial charge >= 0.3 is 0 Å². The molecule has 27 heavy (non-hydrogen) atoms. The molecule has 0 saturated heterocycles. The average molecular weight is 403 g/mol. The summed E-state index contributed by atoms with van der Waals surface area (Å²) in [6.45, 7) is 0.470. The Kier molecular flexibility index (Phi) is 4.50. The minimum absolute atomic E-state index is 0.102. The smallest absolute Gasteiger partial charge is 0.281 e. The van der Waals surface area contributed by atoms with Crippen LogP contribution in [0.15, 0.2) is 65.8 Å². The summed E-state index contributed by atoms with van der Waals surface area (Å²) < 4.78 is 41.7. The second kappa shape index (κ2) is 6.97. The highest BCUT2D eigenvalue weighted by Gasteiger charge is 2.20. The monoisotopic (exact) mass is 403 g/mol. The molecule has 0 radical (unpaired) electrons. The predicted octanol–water partition coefficient (Wildman–Crippen LogP) is 3.34. The molecule has 10 heteroatoms. The van der Waals surface area contributed by atoms with Crippen LogP contribution in [0, 0.1) is 5.82 Å². The number of hydrogen-bond donors (Lipinski definition) is 2. The maximum atomic E-state index is 12.9. The maximum absolute atomic E-state index is 12.9. The third-order valence-corrected chi connectivity index (χ3v) is 5.81. The van der Waals surface area contributed by atoms with Crippen molar-refractivity contribution >= 4 is 37.1 Å². The molecule has 0 aliphatic heterocycles. The van der Waals surface area contributed by atoms with E-state index in [2.05, 4.69) is 20.1 Å². The summed E-state index contributed by atoms with van der Waals surface area (Å²) >= 11 is 1.23. The molecule has 0 spiro atoms. The average Bonchev–Trinajstić information content (AvgIpc) is 3.21. The fraction of sp³-hybridized carbons (Fsp3) is 0.0588. The molecule has 0 amide bonds. The number of hydrogen-bond acceptors (Lipinski definition) is 6. The molecule has 4 aromatic rings. The van der Waals surface area contributed by atoms with Crippen LogP contribution in [0.1, 0.15) is 5.56 Å². The SMILES string of the molecule is O=S(=O)(Nc1ccccc1)c1cn2nc(NCc3ccc(F)cc3)sc2n1. The maximum Gasteiger partial charge on any atom is 0.281 e. The van der Waals surface area contributed by atoms with E-state index in [0.29, 0.717) is 22.3 Å². The first kappa shape index (κ1) is 17.4. The molecule has 2 heterocycles. The van der Waals surface area contributed by atoms with Crippen LogP contribution < -0.4 is 10.0 Å². The zero-order valence-corrected chi connectivity index (χ0v) is 15.5. The largest absolute Gasteiger partial charge is 0.356 e. The third-order valence-electron chi connectivity index (χ3n) is 3.68. The number of anilines is 2. The molecule has 0 bridgehead atoms. The molecule has 2 aromatic heterocycles. The molecule has 138 valence electrons. The van der Waals surface area contributed by atoms with E-state index < -0.39 is 10.0 Å². The van der Waals surface area contributed by atoms with Crippen LogP contribution >= 0.6 is 11.3 Å². The zero-order chi connectivity index (χ0) is 18.9. The van der Waals surface area contributed by atoms with Gasteiger partial charge in [0.25, 0.3) is 10.0 Å². The highest BCUT2D eigenvalue weighted by Crippen LogP contribution is 2.22. The van der Waals surface area contributed by atoms with Crippen molar-refractivity contribution in [2.45, 2.75) is 11.6 Å². The van der Waals surface area contributed by atoms with E-state index in [9.17, 15) is 12.8 Å². The van der Waals surface area contributed by atoms with Gasteiger partial charge in [0.15, 0.2) is 5.03 Å². The second-order valence-electron chi connectivity index (χ2n) is 5.67. The summed E-state index contributed by atoms with van der Waals surface area (Å²) in [4.78, 5) is 4.60. The van der Waals surface area contributed by atoms with Gasteiger partial charge in [-0.15, -0.1) is 5.10 Å².